The SMILES string of the molecule is Fc1cccc(C2=CC[N]CC2)c1. The van der Waals surface area contributed by atoms with Crippen molar-refractivity contribution in [2.75, 3.05) is 13.1 Å². The van der Waals surface area contributed by atoms with Crippen LogP contribution in [0.15, 0.2) is 30.3 Å². The minimum absolute atomic E-state index is 0.166. The molecular formula is C11H11FN. The number of hydrogen-bond donors (Lipinski definition) is 0. The lowest BCUT2D eigenvalue weighted by Gasteiger charge is -2.12. The molecule has 1 radical (unpaired) electrons. The van der Waals surface area contributed by atoms with Crippen LogP contribution in [0.25, 0.3) is 5.57 Å². The molecule has 0 bridgehead atoms. The van der Waals surface area contributed by atoms with Crippen LogP contribution in [0.1, 0.15) is 12.0 Å². The lowest BCUT2D eigenvalue weighted by molar-refractivity contribution is 0.627. The average Bonchev–Trinajstić information content (AvgIpc) is 2.19. The second kappa shape index (κ2) is 3.71. The molecule has 1 aromatic carbocycles. The van der Waals surface area contributed by atoms with Crippen LogP contribution >= 0.6 is 0 Å². The van der Waals surface area contributed by atoms with E-state index in [4.69, 9.17) is 0 Å². The topological polar surface area (TPSA) is 14.1 Å². The fourth-order valence-corrected chi connectivity index (χ4v) is 1.52. The van der Waals surface area contributed by atoms with E-state index in [0.29, 0.717) is 0 Å². The standard InChI is InChI=1S/C11H11FN/c12-11-3-1-2-10(8-11)9-4-6-13-7-5-9/h1-4,8H,5-7H2. The number of nitrogens with zero attached hydrogens (tertiary/aromatic N) is 1. The zero-order valence-corrected chi connectivity index (χ0v) is 7.33. The molecule has 0 saturated carbocycles. The quantitative estimate of drug-likeness (QED) is 0.623. The summed E-state index contributed by atoms with van der Waals surface area (Å²) in [5, 5.41) is 4.21. The van der Waals surface area contributed by atoms with E-state index in [1.807, 2.05) is 6.07 Å². The van der Waals surface area contributed by atoms with Crippen molar-refractivity contribution in [1.29, 1.82) is 0 Å². The van der Waals surface area contributed by atoms with Crippen LogP contribution in [0.2, 0.25) is 0 Å². The van der Waals surface area contributed by atoms with E-state index in [1.54, 1.807) is 12.1 Å². The van der Waals surface area contributed by atoms with Crippen LogP contribution in [-0.2, 0) is 0 Å². The van der Waals surface area contributed by atoms with Crippen LogP contribution < -0.4 is 5.32 Å². The minimum atomic E-state index is -0.166. The Bertz CT molecular complexity index is 331. The van der Waals surface area contributed by atoms with Crippen LogP contribution in [-0.4, -0.2) is 13.1 Å². The lowest BCUT2D eigenvalue weighted by Crippen LogP contribution is -2.12. The fourth-order valence-electron chi connectivity index (χ4n) is 1.52. The predicted molar refractivity (Wildman–Crippen MR) is 50.9 cm³/mol. The minimum Gasteiger partial charge on any atom is -0.237 e. The zero-order chi connectivity index (χ0) is 9.10. The summed E-state index contributed by atoms with van der Waals surface area (Å²) in [5.74, 6) is -0.166. The van der Waals surface area contributed by atoms with Crippen molar-refractivity contribution in [1.82, 2.24) is 5.32 Å². The van der Waals surface area contributed by atoms with Crippen molar-refractivity contribution >= 4 is 5.57 Å². The van der Waals surface area contributed by atoms with Gasteiger partial charge in [-0.05, 0) is 29.7 Å². The molecule has 0 unspecified atom stereocenters. The van der Waals surface area contributed by atoms with Crippen molar-refractivity contribution in [3.8, 4) is 0 Å². The van der Waals surface area contributed by atoms with Gasteiger partial charge in [0.1, 0.15) is 5.82 Å². The zero-order valence-electron chi connectivity index (χ0n) is 7.33. The summed E-state index contributed by atoms with van der Waals surface area (Å²) in [6.45, 7) is 1.63. The predicted octanol–water partition coefficient (Wildman–Crippen LogP) is 2.22. The van der Waals surface area contributed by atoms with Gasteiger partial charge < -0.3 is 0 Å². The highest BCUT2D eigenvalue weighted by Crippen LogP contribution is 2.20. The van der Waals surface area contributed by atoms with E-state index in [2.05, 4.69) is 11.4 Å². The maximum absolute atomic E-state index is 12.9. The maximum Gasteiger partial charge on any atom is 0.123 e. The van der Waals surface area contributed by atoms with Gasteiger partial charge in [0.25, 0.3) is 0 Å². The Balaban J connectivity index is 2.29. The van der Waals surface area contributed by atoms with Crippen LogP contribution in [0, 0.1) is 5.82 Å². The number of rotatable bonds is 1. The first kappa shape index (κ1) is 8.45. The Hall–Kier alpha value is -1.15. The van der Waals surface area contributed by atoms with Gasteiger partial charge in [0.15, 0.2) is 0 Å². The molecule has 13 heavy (non-hydrogen) atoms. The Kier molecular flexibility index (Phi) is 2.41. The largest absolute Gasteiger partial charge is 0.237 e. The van der Waals surface area contributed by atoms with Crippen molar-refractivity contribution in [2.24, 2.45) is 0 Å². The molecule has 0 fully saturated rings. The third kappa shape index (κ3) is 1.95. The van der Waals surface area contributed by atoms with Crippen LogP contribution in [0.3, 0.4) is 0 Å². The molecule has 0 aromatic heterocycles. The van der Waals surface area contributed by atoms with E-state index in [0.717, 1.165) is 25.1 Å². The number of benzene rings is 1. The van der Waals surface area contributed by atoms with Gasteiger partial charge in [-0.1, -0.05) is 18.2 Å². The Morgan fingerprint density at radius 3 is 2.92 bits per heavy atom. The molecule has 1 aromatic rings. The first-order chi connectivity index (χ1) is 6.36. The van der Waals surface area contributed by atoms with Gasteiger partial charge >= 0.3 is 0 Å². The van der Waals surface area contributed by atoms with Gasteiger partial charge in [-0.2, -0.15) is 0 Å². The van der Waals surface area contributed by atoms with E-state index < -0.39 is 0 Å². The summed E-state index contributed by atoms with van der Waals surface area (Å²) in [7, 11) is 0. The van der Waals surface area contributed by atoms with Gasteiger partial charge in [-0.25, -0.2) is 9.71 Å². The molecule has 1 nitrogen and oxygen atoms in total. The van der Waals surface area contributed by atoms with Crippen molar-refractivity contribution in [2.45, 2.75) is 6.42 Å². The second-order valence-electron chi connectivity index (χ2n) is 3.12. The van der Waals surface area contributed by atoms with Crippen LogP contribution in [0.4, 0.5) is 4.39 Å². The van der Waals surface area contributed by atoms with Crippen molar-refractivity contribution in [3.63, 3.8) is 0 Å². The lowest BCUT2D eigenvalue weighted by atomic mass is 10.0. The van der Waals surface area contributed by atoms with E-state index >= 15 is 0 Å². The molecule has 1 aliphatic rings. The molecule has 2 rings (SSSR count). The summed E-state index contributed by atoms with van der Waals surface area (Å²) < 4.78 is 12.9. The van der Waals surface area contributed by atoms with Crippen LogP contribution in [0.5, 0.6) is 0 Å². The number of halogens is 1. The van der Waals surface area contributed by atoms with Gasteiger partial charge in [-0.15, -0.1) is 0 Å². The maximum atomic E-state index is 12.9. The highest BCUT2D eigenvalue weighted by atomic mass is 19.1. The first-order valence-electron chi connectivity index (χ1n) is 4.44. The molecule has 1 aliphatic heterocycles. The molecule has 2 heteroatoms. The van der Waals surface area contributed by atoms with Gasteiger partial charge in [0, 0.05) is 13.1 Å². The fraction of sp³-hybridized carbons (Fsp3) is 0.273. The monoisotopic (exact) mass is 176 g/mol. The highest BCUT2D eigenvalue weighted by molar-refractivity contribution is 5.66. The summed E-state index contributed by atoms with van der Waals surface area (Å²) in [6.07, 6.45) is 3.00. The second-order valence-corrected chi connectivity index (χ2v) is 3.12. The van der Waals surface area contributed by atoms with E-state index in [-0.39, 0.29) is 5.82 Å². The molecule has 0 amide bonds. The molecule has 0 saturated heterocycles. The van der Waals surface area contributed by atoms with Gasteiger partial charge in [-0.3, -0.25) is 0 Å². The van der Waals surface area contributed by atoms with Crippen molar-refractivity contribution in [3.05, 3.63) is 41.7 Å². The highest BCUT2D eigenvalue weighted by Gasteiger charge is 2.06. The molecule has 67 valence electrons. The molecular weight excluding hydrogens is 165 g/mol. The third-order valence-electron chi connectivity index (χ3n) is 2.20. The Morgan fingerprint density at radius 2 is 2.23 bits per heavy atom. The smallest absolute Gasteiger partial charge is 0.123 e. The molecule has 0 atom stereocenters. The summed E-state index contributed by atoms with van der Waals surface area (Å²) in [4.78, 5) is 0. The summed E-state index contributed by atoms with van der Waals surface area (Å²) in [6, 6.07) is 6.74. The van der Waals surface area contributed by atoms with Gasteiger partial charge in [0.2, 0.25) is 0 Å². The van der Waals surface area contributed by atoms with Crippen molar-refractivity contribution < 1.29 is 4.39 Å². The summed E-state index contributed by atoms with van der Waals surface area (Å²) >= 11 is 0. The molecule has 0 aliphatic carbocycles. The Labute approximate surface area is 77.3 Å². The van der Waals surface area contributed by atoms with E-state index in [9.17, 15) is 4.39 Å². The summed E-state index contributed by atoms with van der Waals surface area (Å²) in [5.41, 5.74) is 2.21. The molecule has 1 heterocycles. The number of hydrogen-bond acceptors (Lipinski definition) is 0. The normalized spacial score (nSPS) is 16.8. The average molecular weight is 176 g/mol. The Morgan fingerprint density at radius 1 is 1.31 bits per heavy atom. The molecule has 0 N–H and O–H groups in total. The van der Waals surface area contributed by atoms with Gasteiger partial charge in [0.05, 0.1) is 0 Å². The third-order valence-corrected chi connectivity index (χ3v) is 2.20. The first-order valence-corrected chi connectivity index (χ1v) is 4.44. The van der Waals surface area contributed by atoms with E-state index in [1.165, 1.54) is 11.6 Å². The molecule has 0 spiro atoms.